The fraction of sp³-hybridized carbons (Fsp3) is 0.652. The predicted octanol–water partition coefficient (Wildman–Crippen LogP) is 4.55. The molecule has 0 unspecified atom stereocenters. The second-order valence-electron chi connectivity index (χ2n) is 8.12. The highest BCUT2D eigenvalue weighted by Crippen LogP contribution is 2.26. The van der Waals surface area contributed by atoms with Crippen LogP contribution in [0.1, 0.15) is 58.4 Å². The summed E-state index contributed by atoms with van der Waals surface area (Å²) in [5.74, 6) is 1.70. The zero-order valence-corrected chi connectivity index (χ0v) is 21.0. The quantitative estimate of drug-likeness (QED) is 0.170. The van der Waals surface area contributed by atoms with Gasteiger partial charge in [-0.2, -0.15) is 0 Å². The van der Waals surface area contributed by atoms with Crippen molar-refractivity contribution in [1.29, 1.82) is 0 Å². The van der Waals surface area contributed by atoms with Gasteiger partial charge in [0.15, 0.2) is 5.96 Å². The molecule has 0 aromatic heterocycles. The second kappa shape index (κ2) is 15.5. The number of hydrogen-bond donors (Lipinski definition) is 3. The maximum atomic E-state index is 12.3. The number of nitrogens with one attached hydrogen (secondary N) is 3. The Balaban J connectivity index is 0.00000450. The van der Waals surface area contributed by atoms with Crippen molar-refractivity contribution in [2.24, 2.45) is 16.8 Å². The Bertz CT molecular complexity index is 646. The first kappa shape index (κ1) is 26.7. The molecule has 0 saturated heterocycles. The van der Waals surface area contributed by atoms with Gasteiger partial charge < -0.3 is 20.7 Å². The van der Waals surface area contributed by atoms with E-state index in [0.29, 0.717) is 12.5 Å². The Morgan fingerprint density at radius 3 is 2.70 bits per heavy atom. The maximum Gasteiger partial charge on any atom is 0.227 e. The van der Waals surface area contributed by atoms with Crippen LogP contribution in [-0.2, 0) is 16.1 Å². The molecule has 1 aromatic rings. The predicted molar refractivity (Wildman–Crippen MR) is 136 cm³/mol. The number of carbonyl (C=O) groups is 1. The molecule has 170 valence electrons. The number of halogens is 1. The summed E-state index contributed by atoms with van der Waals surface area (Å²) in [6.07, 6.45) is 5.29. The van der Waals surface area contributed by atoms with E-state index < -0.39 is 0 Å². The van der Waals surface area contributed by atoms with Gasteiger partial charge in [-0.3, -0.25) is 4.79 Å². The molecule has 30 heavy (non-hydrogen) atoms. The third-order valence-electron chi connectivity index (χ3n) is 4.89. The number of anilines is 1. The Morgan fingerprint density at radius 2 is 2.00 bits per heavy atom. The lowest BCUT2D eigenvalue weighted by molar-refractivity contribution is -0.119. The molecule has 0 atom stereocenters. The van der Waals surface area contributed by atoms with Gasteiger partial charge in [0.1, 0.15) is 0 Å². The number of guanidine groups is 1. The van der Waals surface area contributed by atoms with Crippen LogP contribution < -0.4 is 16.0 Å². The molecule has 1 saturated carbocycles. The van der Waals surface area contributed by atoms with Crippen LogP contribution in [0.2, 0.25) is 0 Å². The summed E-state index contributed by atoms with van der Waals surface area (Å²) in [6, 6.07) is 7.97. The zero-order chi connectivity index (χ0) is 20.9. The normalized spacial score (nSPS) is 14.5. The topological polar surface area (TPSA) is 74.8 Å². The molecule has 1 aliphatic rings. The summed E-state index contributed by atoms with van der Waals surface area (Å²) < 4.78 is 5.61. The van der Waals surface area contributed by atoms with Crippen LogP contribution in [0.15, 0.2) is 29.3 Å². The van der Waals surface area contributed by atoms with E-state index in [4.69, 9.17) is 4.74 Å². The SMILES string of the molecule is CCNC(=NCc1cccc(NC(=O)C2CCCC2)c1)NCCCOCC(C)C.I. The van der Waals surface area contributed by atoms with Crippen molar-refractivity contribution in [2.75, 3.05) is 31.6 Å². The van der Waals surface area contributed by atoms with Crippen molar-refractivity contribution in [2.45, 2.75) is 59.4 Å². The van der Waals surface area contributed by atoms with Crippen LogP contribution in [0.4, 0.5) is 5.69 Å². The molecule has 1 aromatic carbocycles. The summed E-state index contributed by atoms with van der Waals surface area (Å²) in [5, 5.41) is 9.69. The molecule has 7 heteroatoms. The average Bonchev–Trinajstić information content (AvgIpc) is 3.24. The smallest absolute Gasteiger partial charge is 0.227 e. The lowest BCUT2D eigenvalue weighted by Gasteiger charge is -2.13. The van der Waals surface area contributed by atoms with Gasteiger partial charge >= 0.3 is 0 Å². The van der Waals surface area contributed by atoms with Crippen molar-refractivity contribution in [3.05, 3.63) is 29.8 Å². The van der Waals surface area contributed by atoms with E-state index in [1.807, 2.05) is 24.3 Å². The van der Waals surface area contributed by atoms with Crippen molar-refractivity contribution in [1.82, 2.24) is 10.6 Å². The third-order valence-corrected chi connectivity index (χ3v) is 4.89. The Kier molecular flexibility index (Phi) is 13.7. The van der Waals surface area contributed by atoms with Gasteiger partial charge in [0.05, 0.1) is 6.54 Å². The first-order valence-corrected chi connectivity index (χ1v) is 11.1. The van der Waals surface area contributed by atoms with Crippen molar-refractivity contribution >= 4 is 41.5 Å². The number of rotatable bonds is 11. The summed E-state index contributed by atoms with van der Waals surface area (Å²) in [6.45, 7) is 10.1. The van der Waals surface area contributed by atoms with Gasteiger partial charge in [0.2, 0.25) is 5.91 Å². The first-order chi connectivity index (χ1) is 14.1. The lowest BCUT2D eigenvalue weighted by atomic mass is 10.1. The number of nitrogens with zero attached hydrogens (tertiary/aromatic N) is 1. The van der Waals surface area contributed by atoms with Gasteiger partial charge in [-0.25, -0.2) is 4.99 Å². The summed E-state index contributed by atoms with van der Waals surface area (Å²) in [5.41, 5.74) is 1.93. The van der Waals surface area contributed by atoms with E-state index in [0.717, 1.165) is 75.6 Å². The van der Waals surface area contributed by atoms with Gasteiger partial charge in [-0.15, -0.1) is 24.0 Å². The Labute approximate surface area is 199 Å². The van der Waals surface area contributed by atoms with Crippen LogP contribution in [-0.4, -0.2) is 38.2 Å². The van der Waals surface area contributed by atoms with Crippen LogP contribution in [0, 0.1) is 11.8 Å². The summed E-state index contributed by atoms with van der Waals surface area (Å²) >= 11 is 0. The lowest BCUT2D eigenvalue weighted by Crippen LogP contribution is -2.38. The average molecular weight is 530 g/mol. The molecule has 1 fully saturated rings. The molecule has 3 N–H and O–H groups in total. The van der Waals surface area contributed by atoms with E-state index in [-0.39, 0.29) is 35.8 Å². The fourth-order valence-corrected chi connectivity index (χ4v) is 3.39. The molecule has 6 nitrogen and oxygen atoms in total. The third kappa shape index (κ3) is 10.6. The van der Waals surface area contributed by atoms with Crippen molar-refractivity contribution in [3.8, 4) is 0 Å². The van der Waals surface area contributed by atoms with E-state index in [1.54, 1.807) is 0 Å². The van der Waals surface area contributed by atoms with Crippen LogP contribution in [0.5, 0.6) is 0 Å². The molecule has 0 radical (unpaired) electrons. The van der Waals surface area contributed by atoms with E-state index in [2.05, 4.69) is 41.7 Å². The van der Waals surface area contributed by atoms with Gasteiger partial charge in [0, 0.05) is 37.9 Å². The molecule has 2 rings (SSSR count). The highest BCUT2D eigenvalue weighted by Gasteiger charge is 2.22. The summed E-state index contributed by atoms with van der Waals surface area (Å²) in [7, 11) is 0. The van der Waals surface area contributed by atoms with E-state index >= 15 is 0 Å². The fourth-order valence-electron chi connectivity index (χ4n) is 3.39. The van der Waals surface area contributed by atoms with Crippen LogP contribution in [0.25, 0.3) is 0 Å². The highest BCUT2D eigenvalue weighted by molar-refractivity contribution is 14.0. The minimum Gasteiger partial charge on any atom is -0.381 e. The van der Waals surface area contributed by atoms with Gasteiger partial charge in [-0.05, 0) is 49.8 Å². The Morgan fingerprint density at radius 1 is 1.23 bits per heavy atom. The standard InChI is InChI=1S/C23H38N4O2.HI/c1-4-24-23(25-13-8-14-29-17-18(2)3)26-16-19-9-7-12-21(15-19)27-22(28)20-10-5-6-11-20;/h7,9,12,15,18,20H,4-6,8,10-11,13-14,16-17H2,1-3H3,(H,27,28)(H2,24,25,26);1H. The molecular formula is C23H39IN4O2. The number of ether oxygens (including phenoxy) is 1. The molecule has 1 amide bonds. The number of carbonyl (C=O) groups excluding carboxylic acids is 1. The molecule has 1 aliphatic carbocycles. The van der Waals surface area contributed by atoms with Crippen molar-refractivity contribution < 1.29 is 9.53 Å². The summed E-state index contributed by atoms with van der Waals surface area (Å²) in [4.78, 5) is 17.0. The molecule has 0 bridgehead atoms. The zero-order valence-electron chi connectivity index (χ0n) is 18.7. The minimum atomic E-state index is 0. The number of aliphatic imine (C=N–C) groups is 1. The largest absolute Gasteiger partial charge is 0.381 e. The number of amides is 1. The minimum absolute atomic E-state index is 0. The van der Waals surface area contributed by atoms with Crippen LogP contribution in [0.3, 0.4) is 0 Å². The number of benzene rings is 1. The second-order valence-corrected chi connectivity index (χ2v) is 8.12. The van der Waals surface area contributed by atoms with Crippen LogP contribution >= 0.6 is 24.0 Å². The van der Waals surface area contributed by atoms with Gasteiger partial charge in [-0.1, -0.05) is 38.8 Å². The number of hydrogen-bond acceptors (Lipinski definition) is 3. The first-order valence-electron chi connectivity index (χ1n) is 11.1. The maximum absolute atomic E-state index is 12.3. The molecule has 0 aliphatic heterocycles. The van der Waals surface area contributed by atoms with E-state index in [1.165, 1.54) is 0 Å². The Hall–Kier alpha value is -1.35. The molecule has 0 spiro atoms. The van der Waals surface area contributed by atoms with E-state index in [9.17, 15) is 4.79 Å². The monoisotopic (exact) mass is 530 g/mol. The van der Waals surface area contributed by atoms with Crippen molar-refractivity contribution in [3.63, 3.8) is 0 Å². The molecule has 0 heterocycles. The highest BCUT2D eigenvalue weighted by atomic mass is 127. The van der Waals surface area contributed by atoms with Gasteiger partial charge in [0.25, 0.3) is 0 Å². The molecular weight excluding hydrogens is 491 g/mol.